The van der Waals surface area contributed by atoms with Crippen LogP contribution in [0.5, 0.6) is 0 Å². The topological polar surface area (TPSA) is 44.9 Å². The number of amides is 1. The van der Waals surface area contributed by atoms with Crippen LogP contribution in [0.25, 0.3) is 10.9 Å². The number of hydrogen-bond donors (Lipinski definition) is 2. The van der Waals surface area contributed by atoms with E-state index < -0.39 is 11.7 Å². The summed E-state index contributed by atoms with van der Waals surface area (Å²) in [5.41, 5.74) is 2.09. The molecule has 0 bridgehead atoms. The quantitative estimate of drug-likeness (QED) is 0.506. The first-order valence-corrected chi connectivity index (χ1v) is 8.86. The largest absolute Gasteiger partial charge is 0.358 e. The lowest BCUT2D eigenvalue weighted by Crippen LogP contribution is -2.26. The first-order valence-electron chi connectivity index (χ1n) is 7.50. The van der Waals surface area contributed by atoms with E-state index >= 15 is 0 Å². The highest BCUT2D eigenvalue weighted by Crippen LogP contribution is 2.31. The number of fused-ring (bicyclic) bond motifs is 1. The van der Waals surface area contributed by atoms with Crippen LogP contribution in [-0.2, 0) is 0 Å². The molecule has 1 heterocycles. The van der Waals surface area contributed by atoms with Crippen molar-refractivity contribution in [2.24, 2.45) is 0 Å². The van der Waals surface area contributed by atoms with Crippen molar-refractivity contribution in [2.75, 3.05) is 12.3 Å². The number of halogens is 2. The van der Waals surface area contributed by atoms with Crippen LogP contribution in [0.15, 0.2) is 47.4 Å². The molecule has 1 aromatic heterocycles. The number of H-pyrrole nitrogens is 1. The van der Waals surface area contributed by atoms with Gasteiger partial charge in [0.25, 0.3) is 5.91 Å². The van der Waals surface area contributed by atoms with Gasteiger partial charge in [0.2, 0.25) is 0 Å². The van der Waals surface area contributed by atoms with Gasteiger partial charge < -0.3 is 10.3 Å². The van der Waals surface area contributed by atoms with Gasteiger partial charge in [-0.25, -0.2) is 4.39 Å². The number of nitrogens with one attached hydrogen (secondary N) is 2. The molecule has 0 aliphatic rings. The van der Waals surface area contributed by atoms with Crippen LogP contribution >= 0.6 is 23.4 Å². The van der Waals surface area contributed by atoms with Crippen molar-refractivity contribution in [3.05, 3.63) is 64.6 Å². The molecular weight excluding hydrogens is 347 g/mol. The van der Waals surface area contributed by atoms with Crippen LogP contribution in [0.2, 0.25) is 5.02 Å². The third-order valence-corrected chi connectivity index (χ3v) is 5.20. The van der Waals surface area contributed by atoms with Crippen LogP contribution in [0.4, 0.5) is 4.39 Å². The Balaban J connectivity index is 1.61. The fourth-order valence-corrected chi connectivity index (χ4v) is 3.82. The normalized spacial score (nSPS) is 11.0. The number of rotatable bonds is 5. The fourth-order valence-electron chi connectivity index (χ4n) is 2.56. The maximum absolute atomic E-state index is 13.7. The zero-order chi connectivity index (χ0) is 17.1. The van der Waals surface area contributed by atoms with Crippen molar-refractivity contribution in [3.8, 4) is 0 Å². The summed E-state index contributed by atoms with van der Waals surface area (Å²) in [6, 6.07) is 12.3. The molecule has 2 N–H and O–H groups in total. The molecule has 3 nitrogen and oxygen atoms in total. The van der Waals surface area contributed by atoms with Gasteiger partial charge in [0, 0.05) is 33.8 Å². The molecule has 3 aromatic rings. The number of thioether (sulfide) groups is 1. The molecule has 1 amide bonds. The van der Waals surface area contributed by atoms with E-state index in [1.807, 2.05) is 25.1 Å². The van der Waals surface area contributed by atoms with Gasteiger partial charge in [-0.3, -0.25) is 4.79 Å². The average Bonchev–Trinajstić information content (AvgIpc) is 2.87. The second kappa shape index (κ2) is 7.28. The van der Waals surface area contributed by atoms with Gasteiger partial charge in [-0.15, -0.1) is 11.8 Å². The molecule has 0 unspecified atom stereocenters. The summed E-state index contributed by atoms with van der Waals surface area (Å²) in [4.78, 5) is 16.6. The Bertz CT molecular complexity index is 874. The summed E-state index contributed by atoms with van der Waals surface area (Å²) in [6.45, 7) is 2.45. The maximum atomic E-state index is 13.7. The Labute approximate surface area is 148 Å². The highest BCUT2D eigenvalue weighted by Gasteiger charge is 2.15. The second-order valence-corrected chi connectivity index (χ2v) is 6.84. The van der Waals surface area contributed by atoms with Crippen LogP contribution in [0.1, 0.15) is 16.1 Å². The van der Waals surface area contributed by atoms with Crippen molar-refractivity contribution in [1.29, 1.82) is 0 Å². The van der Waals surface area contributed by atoms with Crippen molar-refractivity contribution in [1.82, 2.24) is 10.3 Å². The van der Waals surface area contributed by atoms with Gasteiger partial charge in [-0.05, 0) is 25.1 Å². The first kappa shape index (κ1) is 16.9. The van der Waals surface area contributed by atoms with E-state index in [1.54, 1.807) is 11.8 Å². The SMILES string of the molecule is Cc1[nH]c2ccccc2c1SCCNC(=O)c1c(F)cccc1Cl. The van der Waals surface area contributed by atoms with Gasteiger partial charge >= 0.3 is 0 Å². The number of carbonyl (C=O) groups excluding carboxylic acids is 1. The number of hydrogen-bond acceptors (Lipinski definition) is 2. The smallest absolute Gasteiger partial charge is 0.255 e. The number of benzene rings is 2. The summed E-state index contributed by atoms with van der Waals surface area (Å²) in [6.07, 6.45) is 0. The molecule has 24 heavy (non-hydrogen) atoms. The monoisotopic (exact) mass is 362 g/mol. The van der Waals surface area contributed by atoms with Crippen LogP contribution in [0, 0.1) is 12.7 Å². The van der Waals surface area contributed by atoms with Crippen molar-refractivity contribution in [2.45, 2.75) is 11.8 Å². The maximum Gasteiger partial charge on any atom is 0.255 e. The van der Waals surface area contributed by atoms with E-state index in [0.29, 0.717) is 12.3 Å². The average molecular weight is 363 g/mol. The Morgan fingerprint density at radius 3 is 2.83 bits per heavy atom. The molecule has 0 aliphatic heterocycles. The molecule has 2 aromatic carbocycles. The van der Waals surface area contributed by atoms with Crippen LogP contribution < -0.4 is 5.32 Å². The Morgan fingerprint density at radius 1 is 1.25 bits per heavy atom. The summed E-state index contributed by atoms with van der Waals surface area (Å²) in [5, 5.41) is 4.00. The predicted molar refractivity (Wildman–Crippen MR) is 97.5 cm³/mol. The Morgan fingerprint density at radius 2 is 2.04 bits per heavy atom. The van der Waals surface area contributed by atoms with Gasteiger partial charge in [0.05, 0.1) is 10.6 Å². The molecular formula is C18H16ClFN2OS. The molecule has 0 saturated carbocycles. The van der Waals surface area contributed by atoms with E-state index in [2.05, 4.69) is 16.4 Å². The summed E-state index contributed by atoms with van der Waals surface area (Å²) < 4.78 is 13.7. The molecule has 0 atom stereocenters. The molecule has 0 saturated heterocycles. The van der Waals surface area contributed by atoms with Crippen molar-refractivity contribution < 1.29 is 9.18 Å². The summed E-state index contributed by atoms with van der Waals surface area (Å²) >= 11 is 7.55. The zero-order valence-corrected chi connectivity index (χ0v) is 14.6. The van der Waals surface area contributed by atoms with E-state index in [0.717, 1.165) is 11.2 Å². The Kier molecular flexibility index (Phi) is 5.11. The number of carbonyl (C=O) groups is 1. The van der Waals surface area contributed by atoms with Crippen LogP contribution in [-0.4, -0.2) is 23.2 Å². The third-order valence-electron chi connectivity index (χ3n) is 3.66. The first-order chi connectivity index (χ1) is 11.6. The second-order valence-electron chi connectivity index (χ2n) is 5.33. The highest BCUT2D eigenvalue weighted by molar-refractivity contribution is 7.99. The van der Waals surface area contributed by atoms with E-state index in [4.69, 9.17) is 11.6 Å². The lowest BCUT2D eigenvalue weighted by molar-refractivity contribution is 0.0952. The van der Waals surface area contributed by atoms with Gasteiger partial charge in [0.15, 0.2) is 0 Å². The van der Waals surface area contributed by atoms with Gasteiger partial charge in [0.1, 0.15) is 5.82 Å². The summed E-state index contributed by atoms with van der Waals surface area (Å²) in [7, 11) is 0. The van der Waals surface area contributed by atoms with Crippen LogP contribution in [0.3, 0.4) is 0 Å². The zero-order valence-electron chi connectivity index (χ0n) is 13.0. The van der Waals surface area contributed by atoms with E-state index in [1.165, 1.54) is 28.5 Å². The number of aromatic nitrogens is 1. The third kappa shape index (κ3) is 3.42. The molecule has 0 radical (unpaired) electrons. The highest BCUT2D eigenvalue weighted by atomic mass is 35.5. The Hall–Kier alpha value is -1.98. The minimum absolute atomic E-state index is 0.104. The lowest BCUT2D eigenvalue weighted by Gasteiger charge is -2.07. The van der Waals surface area contributed by atoms with Crippen molar-refractivity contribution >= 4 is 40.2 Å². The predicted octanol–water partition coefficient (Wildman–Crippen LogP) is 4.79. The standard InChI is InChI=1S/C18H16ClFN2OS/c1-11-17(12-5-2-3-8-15(12)22-11)24-10-9-21-18(23)16-13(19)6-4-7-14(16)20/h2-8,22H,9-10H2,1H3,(H,21,23). The minimum Gasteiger partial charge on any atom is -0.358 e. The molecule has 3 rings (SSSR count). The molecule has 124 valence electrons. The lowest BCUT2D eigenvalue weighted by atomic mass is 10.2. The van der Waals surface area contributed by atoms with Crippen molar-refractivity contribution in [3.63, 3.8) is 0 Å². The van der Waals surface area contributed by atoms with Gasteiger partial charge in [-0.2, -0.15) is 0 Å². The molecule has 0 spiro atoms. The molecule has 0 fully saturated rings. The number of aromatic amines is 1. The summed E-state index contributed by atoms with van der Waals surface area (Å²) in [5.74, 6) is -0.421. The van der Waals surface area contributed by atoms with E-state index in [9.17, 15) is 9.18 Å². The molecule has 6 heteroatoms. The molecule has 0 aliphatic carbocycles. The minimum atomic E-state index is -0.611. The number of aryl methyl sites for hydroxylation is 1. The van der Waals surface area contributed by atoms with Gasteiger partial charge in [-0.1, -0.05) is 35.9 Å². The van der Waals surface area contributed by atoms with E-state index in [-0.39, 0.29) is 10.6 Å². The number of para-hydroxylation sites is 1. The fraction of sp³-hybridized carbons (Fsp3) is 0.167.